The topological polar surface area (TPSA) is 55.6 Å². The lowest BCUT2D eigenvalue weighted by atomic mass is 9.91. The number of nitrogens with zero attached hydrogens (tertiary/aromatic N) is 1. The van der Waals surface area contributed by atoms with Crippen LogP contribution in [-0.2, 0) is 22.5 Å². The molecule has 1 aliphatic rings. The van der Waals surface area contributed by atoms with E-state index >= 15 is 0 Å². The fourth-order valence-electron chi connectivity index (χ4n) is 4.01. The van der Waals surface area contributed by atoms with Crippen LogP contribution >= 0.6 is 23.2 Å². The van der Waals surface area contributed by atoms with E-state index in [1.807, 2.05) is 79.8 Å². The van der Waals surface area contributed by atoms with E-state index in [1.54, 1.807) is 4.90 Å². The first-order chi connectivity index (χ1) is 15.0. The van der Waals surface area contributed by atoms with E-state index in [4.69, 9.17) is 33.7 Å². The molecule has 1 heterocycles. The second-order valence-corrected chi connectivity index (χ2v) is 8.64. The maximum Gasteiger partial charge on any atom is 0.252 e. The monoisotopic (exact) mass is 454 g/mol. The average molecular weight is 455 g/mol. The molecular formula is C25H24Cl2N2O2. The van der Waals surface area contributed by atoms with E-state index < -0.39 is 6.10 Å². The second kappa shape index (κ2) is 9.41. The number of hydrogen-bond acceptors (Lipinski definition) is 3. The summed E-state index contributed by atoms with van der Waals surface area (Å²) in [5.41, 5.74) is 9.71. The third-order valence-electron chi connectivity index (χ3n) is 5.73. The van der Waals surface area contributed by atoms with Crippen LogP contribution in [0.2, 0.25) is 10.0 Å². The zero-order valence-electron chi connectivity index (χ0n) is 17.2. The zero-order chi connectivity index (χ0) is 22.0. The number of rotatable bonds is 5. The van der Waals surface area contributed by atoms with Gasteiger partial charge in [0, 0.05) is 30.1 Å². The Morgan fingerprint density at radius 3 is 1.90 bits per heavy atom. The third kappa shape index (κ3) is 4.78. The van der Waals surface area contributed by atoms with Gasteiger partial charge in [-0.2, -0.15) is 0 Å². The summed E-state index contributed by atoms with van der Waals surface area (Å²) < 4.78 is 6.46. The van der Waals surface area contributed by atoms with Crippen molar-refractivity contribution in [2.24, 2.45) is 5.73 Å². The predicted octanol–water partition coefficient (Wildman–Crippen LogP) is 5.33. The standard InChI is InChI=1S/C25H24Cl2N2O2/c1-29-23(18-6-10-20(26)11-7-18)24(19-8-12-21(27)13-9-19)31-22(25(29)30)14-16-2-4-17(15-28)5-3-16/h2-13,22-24H,14-15,28H2,1H3/t22-,23+,24-/m0/s1. The van der Waals surface area contributed by atoms with Gasteiger partial charge >= 0.3 is 0 Å². The molecule has 3 atom stereocenters. The quantitative estimate of drug-likeness (QED) is 0.566. The zero-order valence-corrected chi connectivity index (χ0v) is 18.7. The highest BCUT2D eigenvalue weighted by Gasteiger charge is 2.42. The molecule has 4 rings (SSSR count). The Morgan fingerprint density at radius 2 is 1.35 bits per heavy atom. The number of morpholine rings is 1. The molecule has 1 amide bonds. The molecule has 0 saturated carbocycles. The first-order valence-corrected chi connectivity index (χ1v) is 10.9. The lowest BCUT2D eigenvalue weighted by Gasteiger charge is -2.43. The van der Waals surface area contributed by atoms with Gasteiger partial charge in [0.15, 0.2) is 0 Å². The number of carbonyl (C=O) groups is 1. The summed E-state index contributed by atoms with van der Waals surface area (Å²) in [6.45, 7) is 0.489. The summed E-state index contributed by atoms with van der Waals surface area (Å²) in [7, 11) is 1.83. The van der Waals surface area contributed by atoms with Crippen molar-refractivity contribution in [3.8, 4) is 0 Å². The van der Waals surface area contributed by atoms with Crippen molar-refractivity contribution < 1.29 is 9.53 Å². The number of halogens is 2. The Morgan fingerprint density at radius 1 is 0.839 bits per heavy atom. The summed E-state index contributed by atoms with van der Waals surface area (Å²) >= 11 is 12.2. The normalized spacial score (nSPS) is 21.4. The molecule has 3 aromatic carbocycles. The van der Waals surface area contributed by atoms with E-state index in [9.17, 15) is 4.79 Å². The number of ether oxygens (including phenoxy) is 1. The summed E-state index contributed by atoms with van der Waals surface area (Å²) in [4.78, 5) is 15.1. The van der Waals surface area contributed by atoms with Crippen LogP contribution in [0.15, 0.2) is 72.8 Å². The average Bonchev–Trinajstić information content (AvgIpc) is 2.79. The van der Waals surface area contributed by atoms with Crippen molar-refractivity contribution in [1.82, 2.24) is 4.90 Å². The third-order valence-corrected chi connectivity index (χ3v) is 6.23. The predicted molar refractivity (Wildman–Crippen MR) is 124 cm³/mol. The Hall–Kier alpha value is -2.37. The number of likely N-dealkylation sites (N-methyl/N-ethyl adjacent to an activating group) is 1. The highest BCUT2D eigenvalue weighted by atomic mass is 35.5. The molecule has 1 saturated heterocycles. The highest BCUT2D eigenvalue weighted by molar-refractivity contribution is 6.30. The maximum atomic E-state index is 13.3. The molecule has 1 fully saturated rings. The van der Waals surface area contributed by atoms with Gasteiger partial charge in [-0.3, -0.25) is 4.79 Å². The molecule has 4 nitrogen and oxygen atoms in total. The molecule has 0 radical (unpaired) electrons. The smallest absolute Gasteiger partial charge is 0.252 e. The van der Waals surface area contributed by atoms with Gasteiger partial charge in [0.05, 0.1) is 6.04 Å². The van der Waals surface area contributed by atoms with Crippen molar-refractivity contribution >= 4 is 29.1 Å². The van der Waals surface area contributed by atoms with Crippen molar-refractivity contribution in [3.63, 3.8) is 0 Å². The highest BCUT2D eigenvalue weighted by Crippen LogP contribution is 2.42. The van der Waals surface area contributed by atoms with Crippen LogP contribution in [0.3, 0.4) is 0 Å². The van der Waals surface area contributed by atoms with Gasteiger partial charge in [-0.05, 0) is 46.5 Å². The molecule has 31 heavy (non-hydrogen) atoms. The van der Waals surface area contributed by atoms with Crippen molar-refractivity contribution in [3.05, 3.63) is 105 Å². The van der Waals surface area contributed by atoms with Crippen LogP contribution in [0.25, 0.3) is 0 Å². The number of nitrogens with two attached hydrogens (primary N) is 1. The SMILES string of the molecule is CN1C(=O)[C@H](Cc2ccc(CN)cc2)O[C@@H](c2ccc(Cl)cc2)[C@H]1c1ccc(Cl)cc1. The number of amides is 1. The van der Waals surface area contributed by atoms with Gasteiger partial charge in [-0.25, -0.2) is 0 Å². The maximum absolute atomic E-state index is 13.3. The molecule has 2 N–H and O–H groups in total. The van der Waals surface area contributed by atoms with E-state index in [1.165, 1.54) is 0 Å². The largest absolute Gasteiger partial charge is 0.358 e. The van der Waals surface area contributed by atoms with Crippen LogP contribution in [0.1, 0.15) is 34.4 Å². The van der Waals surface area contributed by atoms with Crippen LogP contribution in [0.4, 0.5) is 0 Å². The Balaban J connectivity index is 1.67. The molecule has 0 unspecified atom stereocenters. The van der Waals surface area contributed by atoms with Gasteiger partial charge in [-0.15, -0.1) is 0 Å². The van der Waals surface area contributed by atoms with Crippen LogP contribution in [0.5, 0.6) is 0 Å². The molecule has 3 aromatic rings. The van der Waals surface area contributed by atoms with Gasteiger partial charge in [0.25, 0.3) is 5.91 Å². The first kappa shape index (κ1) is 21.8. The molecule has 160 valence electrons. The number of carbonyl (C=O) groups excluding carboxylic acids is 1. The number of hydrogen-bond donors (Lipinski definition) is 1. The molecule has 6 heteroatoms. The molecule has 0 spiro atoms. The van der Waals surface area contributed by atoms with Crippen LogP contribution in [-0.4, -0.2) is 24.0 Å². The summed E-state index contributed by atoms with van der Waals surface area (Å²) in [6, 6.07) is 22.8. The van der Waals surface area contributed by atoms with E-state index in [0.717, 1.165) is 22.3 Å². The summed E-state index contributed by atoms with van der Waals surface area (Å²) in [6.07, 6.45) is -0.432. The molecule has 0 aliphatic carbocycles. The van der Waals surface area contributed by atoms with Crippen molar-refractivity contribution in [1.29, 1.82) is 0 Å². The minimum absolute atomic E-state index is 0.0481. The lowest BCUT2D eigenvalue weighted by molar-refractivity contribution is -0.171. The van der Waals surface area contributed by atoms with Crippen molar-refractivity contribution in [2.45, 2.75) is 31.2 Å². The lowest BCUT2D eigenvalue weighted by Crippen LogP contribution is -2.49. The van der Waals surface area contributed by atoms with E-state index in [0.29, 0.717) is 23.0 Å². The van der Waals surface area contributed by atoms with E-state index in [-0.39, 0.29) is 18.1 Å². The molecule has 1 aliphatic heterocycles. The minimum atomic E-state index is -0.585. The van der Waals surface area contributed by atoms with Gasteiger partial charge in [-0.1, -0.05) is 71.7 Å². The fraction of sp³-hybridized carbons (Fsp3) is 0.240. The van der Waals surface area contributed by atoms with Crippen molar-refractivity contribution in [2.75, 3.05) is 7.05 Å². The first-order valence-electron chi connectivity index (χ1n) is 10.2. The molecular weight excluding hydrogens is 431 g/mol. The Kier molecular flexibility index (Phi) is 6.63. The Bertz CT molecular complexity index is 1040. The van der Waals surface area contributed by atoms with Crippen LogP contribution < -0.4 is 5.73 Å². The fourth-order valence-corrected chi connectivity index (χ4v) is 4.26. The number of benzene rings is 3. The Labute approximate surface area is 192 Å². The summed E-state index contributed by atoms with van der Waals surface area (Å²) in [5.74, 6) is -0.0481. The minimum Gasteiger partial charge on any atom is -0.358 e. The van der Waals surface area contributed by atoms with Gasteiger partial charge < -0.3 is 15.4 Å². The van der Waals surface area contributed by atoms with Crippen LogP contribution in [0, 0.1) is 0 Å². The summed E-state index contributed by atoms with van der Waals surface area (Å²) in [5, 5.41) is 1.31. The van der Waals surface area contributed by atoms with Gasteiger partial charge in [0.1, 0.15) is 12.2 Å². The second-order valence-electron chi connectivity index (χ2n) is 7.77. The molecule has 0 bridgehead atoms. The van der Waals surface area contributed by atoms with Gasteiger partial charge in [0.2, 0.25) is 0 Å². The molecule has 0 aromatic heterocycles. The van der Waals surface area contributed by atoms with E-state index in [2.05, 4.69) is 0 Å².